The average Bonchev–Trinajstić information content (AvgIpc) is 2.52. The first-order valence-corrected chi connectivity index (χ1v) is 4.36. The van der Waals surface area contributed by atoms with Crippen molar-refractivity contribution in [3.05, 3.63) is 0 Å². The Hall–Kier alpha value is -0.590. The molecule has 0 amide bonds. The van der Waals surface area contributed by atoms with Gasteiger partial charge in [0, 0.05) is 5.92 Å². The van der Waals surface area contributed by atoms with Crippen molar-refractivity contribution in [1.29, 1.82) is 5.26 Å². The maximum atomic E-state index is 8.70. The molecule has 0 bridgehead atoms. The van der Waals surface area contributed by atoms with Crippen molar-refractivity contribution in [2.24, 2.45) is 11.8 Å². The van der Waals surface area contributed by atoms with Crippen molar-refractivity contribution in [3.8, 4) is 6.07 Å². The first-order valence-electron chi connectivity index (χ1n) is 4.36. The third-order valence-electron chi connectivity index (χ3n) is 2.90. The van der Waals surface area contributed by atoms with Crippen LogP contribution in [0.15, 0.2) is 0 Å². The zero-order valence-electron chi connectivity index (χ0n) is 7.41. The summed E-state index contributed by atoms with van der Waals surface area (Å²) in [5, 5.41) is 8.70. The Kier molecular flexibility index (Phi) is 1.64. The Bertz CT molecular complexity index is 233. The van der Waals surface area contributed by atoms with E-state index in [9.17, 15) is 0 Å². The molecule has 2 fully saturated rings. The third kappa shape index (κ3) is 0.886. The number of nitriles is 1. The molecule has 12 heavy (non-hydrogen) atoms. The van der Waals surface area contributed by atoms with Crippen molar-refractivity contribution in [2.75, 3.05) is 13.2 Å². The molecule has 66 valence electrons. The maximum absolute atomic E-state index is 8.70. The summed E-state index contributed by atoms with van der Waals surface area (Å²) >= 11 is 0. The lowest BCUT2D eigenvalue weighted by molar-refractivity contribution is 0.169. The van der Waals surface area contributed by atoms with Crippen molar-refractivity contribution < 1.29 is 9.47 Å². The van der Waals surface area contributed by atoms with Gasteiger partial charge >= 0.3 is 0 Å². The molecule has 0 saturated carbocycles. The average molecular weight is 167 g/mol. The van der Waals surface area contributed by atoms with E-state index in [1.165, 1.54) is 0 Å². The van der Waals surface area contributed by atoms with E-state index in [-0.39, 0.29) is 11.7 Å². The Morgan fingerprint density at radius 3 is 2.83 bits per heavy atom. The van der Waals surface area contributed by atoms with E-state index in [0.717, 1.165) is 6.61 Å². The largest absolute Gasteiger partial charge is 0.378 e. The van der Waals surface area contributed by atoms with Crippen LogP contribution in [0.3, 0.4) is 0 Å². The number of hydrogen-bond acceptors (Lipinski definition) is 3. The third-order valence-corrected chi connectivity index (χ3v) is 2.90. The van der Waals surface area contributed by atoms with Gasteiger partial charge in [-0.05, 0) is 5.92 Å². The van der Waals surface area contributed by atoms with E-state index in [1.54, 1.807) is 0 Å². The monoisotopic (exact) mass is 167 g/mol. The zero-order chi connectivity index (χ0) is 8.77. The van der Waals surface area contributed by atoms with Crippen molar-refractivity contribution in [3.63, 3.8) is 0 Å². The number of nitrogens with zero attached hydrogens (tertiary/aromatic N) is 1. The van der Waals surface area contributed by atoms with Gasteiger partial charge in [-0.1, -0.05) is 13.8 Å². The lowest BCUT2D eigenvalue weighted by Gasteiger charge is -2.16. The predicted molar refractivity (Wildman–Crippen MR) is 42.4 cm³/mol. The molecule has 3 heteroatoms. The van der Waals surface area contributed by atoms with Crippen LogP contribution in [0.25, 0.3) is 0 Å². The van der Waals surface area contributed by atoms with Gasteiger partial charge in [0.2, 0.25) is 0 Å². The molecule has 2 aliphatic heterocycles. The van der Waals surface area contributed by atoms with Crippen LogP contribution in [0, 0.1) is 23.2 Å². The smallest absolute Gasteiger partial charge is 0.176 e. The lowest BCUT2D eigenvalue weighted by Crippen LogP contribution is -2.29. The molecule has 2 rings (SSSR count). The highest BCUT2D eigenvalue weighted by Gasteiger charge is 2.65. The number of hydrogen-bond donors (Lipinski definition) is 0. The first kappa shape index (κ1) is 8.03. The van der Waals surface area contributed by atoms with Gasteiger partial charge in [0.15, 0.2) is 6.10 Å². The standard InChI is InChI=1S/C9H13NO2/c1-6(2)7-4-11-5-9(7)8(3-10)12-9/h6-8H,4-5H2,1-2H3. The van der Waals surface area contributed by atoms with E-state index in [1.807, 2.05) is 0 Å². The van der Waals surface area contributed by atoms with Gasteiger partial charge in [-0.3, -0.25) is 0 Å². The molecule has 0 aromatic heterocycles. The van der Waals surface area contributed by atoms with E-state index in [2.05, 4.69) is 19.9 Å². The predicted octanol–water partition coefficient (Wildman–Crippen LogP) is 0.950. The molecule has 0 aromatic carbocycles. The minimum Gasteiger partial charge on any atom is -0.378 e. The minimum absolute atomic E-state index is 0.215. The van der Waals surface area contributed by atoms with Gasteiger partial charge in [0.1, 0.15) is 5.60 Å². The molecule has 0 aromatic rings. The summed E-state index contributed by atoms with van der Waals surface area (Å²) in [5.41, 5.74) is -0.233. The quantitative estimate of drug-likeness (QED) is 0.546. The fourth-order valence-electron chi connectivity index (χ4n) is 2.06. The second-order valence-corrected chi connectivity index (χ2v) is 3.95. The Labute approximate surface area is 72.3 Å². The molecular weight excluding hydrogens is 154 g/mol. The molecule has 0 N–H and O–H groups in total. The SMILES string of the molecule is CC(C)C1COCC12OC2C#N. The lowest BCUT2D eigenvalue weighted by atomic mass is 9.84. The summed E-state index contributed by atoms with van der Waals surface area (Å²) in [5.74, 6) is 0.938. The molecule has 3 nitrogen and oxygen atoms in total. The highest BCUT2D eigenvalue weighted by Crippen LogP contribution is 2.49. The molecule has 0 radical (unpaired) electrons. The Morgan fingerprint density at radius 2 is 2.33 bits per heavy atom. The van der Waals surface area contributed by atoms with Crippen molar-refractivity contribution >= 4 is 0 Å². The van der Waals surface area contributed by atoms with Crippen molar-refractivity contribution in [2.45, 2.75) is 25.6 Å². The Morgan fingerprint density at radius 1 is 1.58 bits per heavy atom. The topological polar surface area (TPSA) is 45.5 Å². The number of epoxide rings is 1. The summed E-state index contributed by atoms with van der Waals surface area (Å²) in [4.78, 5) is 0. The fraction of sp³-hybridized carbons (Fsp3) is 0.889. The van der Waals surface area contributed by atoms with Crippen LogP contribution in [0.2, 0.25) is 0 Å². The molecule has 0 aliphatic carbocycles. The maximum Gasteiger partial charge on any atom is 0.176 e. The highest BCUT2D eigenvalue weighted by molar-refractivity contribution is 5.19. The highest BCUT2D eigenvalue weighted by atomic mass is 16.6. The van der Waals surface area contributed by atoms with E-state index >= 15 is 0 Å². The minimum atomic E-state index is -0.233. The van der Waals surface area contributed by atoms with Crippen LogP contribution in [-0.4, -0.2) is 24.9 Å². The fourth-order valence-corrected chi connectivity index (χ4v) is 2.06. The van der Waals surface area contributed by atoms with Crippen LogP contribution < -0.4 is 0 Å². The summed E-state index contributed by atoms with van der Waals surface area (Å²) in [6, 6.07) is 2.15. The normalized spacial score (nSPS) is 45.2. The summed E-state index contributed by atoms with van der Waals surface area (Å²) in [6.07, 6.45) is -0.215. The van der Waals surface area contributed by atoms with Crippen LogP contribution in [0.4, 0.5) is 0 Å². The van der Waals surface area contributed by atoms with E-state index in [0.29, 0.717) is 18.4 Å². The van der Waals surface area contributed by atoms with E-state index < -0.39 is 0 Å². The van der Waals surface area contributed by atoms with Crippen molar-refractivity contribution in [1.82, 2.24) is 0 Å². The molecular formula is C9H13NO2. The van der Waals surface area contributed by atoms with Crippen LogP contribution in [-0.2, 0) is 9.47 Å². The van der Waals surface area contributed by atoms with Crippen LogP contribution in [0.5, 0.6) is 0 Å². The van der Waals surface area contributed by atoms with Gasteiger partial charge in [-0.2, -0.15) is 5.26 Å². The van der Waals surface area contributed by atoms with Crippen LogP contribution in [0.1, 0.15) is 13.8 Å². The molecule has 2 saturated heterocycles. The van der Waals surface area contributed by atoms with Gasteiger partial charge in [0.25, 0.3) is 0 Å². The van der Waals surface area contributed by atoms with Gasteiger partial charge in [-0.25, -0.2) is 0 Å². The van der Waals surface area contributed by atoms with Crippen LogP contribution >= 0.6 is 0 Å². The van der Waals surface area contributed by atoms with Gasteiger partial charge < -0.3 is 9.47 Å². The molecule has 2 aliphatic rings. The summed E-state index contributed by atoms with van der Waals surface area (Å²) in [6.45, 7) is 5.65. The number of ether oxygens (including phenoxy) is 2. The Balaban J connectivity index is 2.12. The molecule has 2 heterocycles. The molecule has 3 unspecified atom stereocenters. The summed E-state index contributed by atoms with van der Waals surface area (Å²) in [7, 11) is 0. The zero-order valence-corrected chi connectivity index (χ0v) is 7.41. The molecule has 3 atom stereocenters. The summed E-state index contributed by atoms with van der Waals surface area (Å²) < 4.78 is 10.8. The van der Waals surface area contributed by atoms with Gasteiger partial charge in [0.05, 0.1) is 19.3 Å². The molecule has 1 spiro atoms. The van der Waals surface area contributed by atoms with E-state index in [4.69, 9.17) is 14.7 Å². The van der Waals surface area contributed by atoms with Gasteiger partial charge in [-0.15, -0.1) is 0 Å². The number of rotatable bonds is 1. The first-order chi connectivity index (χ1) is 5.70. The second kappa shape index (κ2) is 2.45. The second-order valence-electron chi connectivity index (χ2n) is 3.95.